The first kappa shape index (κ1) is 11.4. The van der Waals surface area contributed by atoms with E-state index in [1.54, 1.807) is 6.92 Å². The van der Waals surface area contributed by atoms with Crippen LogP contribution in [0.3, 0.4) is 0 Å². The molecule has 17 heavy (non-hydrogen) atoms. The van der Waals surface area contributed by atoms with E-state index in [0.29, 0.717) is 5.56 Å². The lowest BCUT2D eigenvalue weighted by atomic mass is 10.0. The largest absolute Gasteiger partial charge is 0.417 e. The van der Waals surface area contributed by atoms with Crippen molar-refractivity contribution in [2.45, 2.75) is 13.1 Å². The van der Waals surface area contributed by atoms with Gasteiger partial charge in [-0.25, -0.2) is 4.98 Å². The van der Waals surface area contributed by atoms with Gasteiger partial charge in [0.25, 0.3) is 0 Å². The lowest BCUT2D eigenvalue weighted by Gasteiger charge is -2.11. The van der Waals surface area contributed by atoms with Gasteiger partial charge in [-0.1, -0.05) is 6.07 Å². The molecule has 0 radical (unpaired) electrons. The van der Waals surface area contributed by atoms with E-state index in [9.17, 15) is 13.2 Å². The maximum atomic E-state index is 12.8. The minimum Gasteiger partial charge on any atom is -0.237 e. The van der Waals surface area contributed by atoms with Crippen LogP contribution in [-0.4, -0.2) is 4.98 Å². The standard InChI is InChI=1S/C12H7F3N2/c1-7-5-8(6-16)17-10-4-2-3-9(11(7)10)12(13,14)15/h2-5H,1H3. The third-order valence-corrected chi connectivity index (χ3v) is 2.45. The molecule has 0 atom stereocenters. The Morgan fingerprint density at radius 3 is 2.59 bits per heavy atom. The third-order valence-electron chi connectivity index (χ3n) is 2.45. The number of aromatic nitrogens is 1. The summed E-state index contributed by atoms with van der Waals surface area (Å²) in [5, 5.41) is 8.77. The summed E-state index contributed by atoms with van der Waals surface area (Å²) in [7, 11) is 0. The number of hydrogen-bond acceptors (Lipinski definition) is 2. The molecule has 0 amide bonds. The normalized spacial score (nSPS) is 11.5. The molecule has 0 aliphatic rings. The molecule has 0 N–H and O–H groups in total. The van der Waals surface area contributed by atoms with Crippen LogP contribution in [-0.2, 0) is 6.18 Å². The second kappa shape index (κ2) is 3.74. The van der Waals surface area contributed by atoms with Gasteiger partial charge in [0.2, 0.25) is 0 Å². The van der Waals surface area contributed by atoms with E-state index in [0.717, 1.165) is 6.07 Å². The highest BCUT2D eigenvalue weighted by molar-refractivity contribution is 5.86. The van der Waals surface area contributed by atoms with Gasteiger partial charge < -0.3 is 0 Å². The molecule has 0 fully saturated rings. The van der Waals surface area contributed by atoms with Gasteiger partial charge in [-0.15, -0.1) is 0 Å². The Morgan fingerprint density at radius 1 is 1.29 bits per heavy atom. The maximum absolute atomic E-state index is 12.8. The molecule has 5 heteroatoms. The highest BCUT2D eigenvalue weighted by Crippen LogP contribution is 2.35. The number of nitrogens with zero attached hydrogens (tertiary/aromatic N) is 2. The van der Waals surface area contributed by atoms with Crippen molar-refractivity contribution in [2.24, 2.45) is 0 Å². The maximum Gasteiger partial charge on any atom is 0.417 e. The average molecular weight is 236 g/mol. The Labute approximate surface area is 95.3 Å². The van der Waals surface area contributed by atoms with Gasteiger partial charge in [0, 0.05) is 5.39 Å². The molecular weight excluding hydrogens is 229 g/mol. The number of fused-ring (bicyclic) bond motifs is 1. The fourth-order valence-corrected chi connectivity index (χ4v) is 1.78. The summed E-state index contributed by atoms with van der Waals surface area (Å²) in [6, 6.07) is 6.96. The van der Waals surface area contributed by atoms with E-state index in [-0.39, 0.29) is 16.6 Å². The van der Waals surface area contributed by atoms with Crippen LogP contribution in [0, 0.1) is 18.3 Å². The van der Waals surface area contributed by atoms with E-state index in [2.05, 4.69) is 4.98 Å². The van der Waals surface area contributed by atoms with Crippen molar-refractivity contribution in [1.82, 2.24) is 4.98 Å². The SMILES string of the molecule is Cc1cc(C#N)nc2cccc(C(F)(F)F)c12. The number of alkyl halides is 3. The third kappa shape index (κ3) is 1.94. The van der Waals surface area contributed by atoms with Gasteiger partial charge in [0.1, 0.15) is 11.8 Å². The molecule has 2 nitrogen and oxygen atoms in total. The zero-order valence-corrected chi connectivity index (χ0v) is 8.84. The fraction of sp³-hybridized carbons (Fsp3) is 0.167. The summed E-state index contributed by atoms with van der Waals surface area (Å²) < 4.78 is 38.4. The van der Waals surface area contributed by atoms with Crippen LogP contribution in [0.1, 0.15) is 16.8 Å². The molecule has 0 saturated heterocycles. The molecule has 0 aliphatic carbocycles. The van der Waals surface area contributed by atoms with Crippen LogP contribution >= 0.6 is 0 Å². The van der Waals surface area contributed by atoms with Crippen molar-refractivity contribution in [3.05, 3.63) is 41.1 Å². The molecule has 1 aromatic heterocycles. The van der Waals surface area contributed by atoms with Crippen LogP contribution in [0.25, 0.3) is 10.9 Å². The van der Waals surface area contributed by atoms with Crippen LogP contribution in [0.15, 0.2) is 24.3 Å². The van der Waals surface area contributed by atoms with Crippen LogP contribution in [0.4, 0.5) is 13.2 Å². The van der Waals surface area contributed by atoms with Gasteiger partial charge in [0.05, 0.1) is 11.1 Å². The van der Waals surface area contributed by atoms with E-state index in [1.807, 2.05) is 6.07 Å². The van der Waals surface area contributed by atoms with Gasteiger partial charge >= 0.3 is 6.18 Å². The summed E-state index contributed by atoms with van der Waals surface area (Å²) in [4.78, 5) is 3.87. The number of aryl methyl sites for hydroxylation is 1. The Hall–Kier alpha value is -2.09. The highest BCUT2D eigenvalue weighted by atomic mass is 19.4. The second-order valence-corrected chi connectivity index (χ2v) is 3.63. The number of benzene rings is 1. The predicted octanol–water partition coefficient (Wildman–Crippen LogP) is 3.43. The van der Waals surface area contributed by atoms with E-state index < -0.39 is 11.7 Å². The molecule has 0 unspecified atom stereocenters. The quantitative estimate of drug-likeness (QED) is 0.702. The summed E-state index contributed by atoms with van der Waals surface area (Å²) in [5.74, 6) is 0. The number of hydrogen-bond donors (Lipinski definition) is 0. The molecule has 0 bridgehead atoms. The number of pyridine rings is 1. The molecular formula is C12H7F3N2. The monoisotopic (exact) mass is 236 g/mol. The summed E-state index contributed by atoms with van der Waals surface area (Å²) in [6.07, 6.45) is -4.42. The van der Waals surface area contributed by atoms with Crippen molar-refractivity contribution in [1.29, 1.82) is 5.26 Å². The zero-order valence-electron chi connectivity index (χ0n) is 8.84. The lowest BCUT2D eigenvalue weighted by Crippen LogP contribution is -2.07. The van der Waals surface area contributed by atoms with Gasteiger partial charge in [-0.2, -0.15) is 18.4 Å². The number of rotatable bonds is 0. The number of nitriles is 1. The highest BCUT2D eigenvalue weighted by Gasteiger charge is 2.33. The number of halogens is 3. The Balaban J connectivity index is 2.87. The zero-order chi connectivity index (χ0) is 12.6. The summed E-state index contributed by atoms with van der Waals surface area (Å²) in [5.41, 5.74) is -0.00494. The fourth-order valence-electron chi connectivity index (χ4n) is 1.78. The van der Waals surface area contributed by atoms with Crippen molar-refractivity contribution in [3.63, 3.8) is 0 Å². The molecule has 86 valence electrons. The second-order valence-electron chi connectivity index (χ2n) is 3.63. The van der Waals surface area contributed by atoms with Crippen molar-refractivity contribution < 1.29 is 13.2 Å². The Morgan fingerprint density at radius 2 is 2.00 bits per heavy atom. The molecule has 1 aromatic carbocycles. The van der Waals surface area contributed by atoms with Crippen LogP contribution in [0.5, 0.6) is 0 Å². The molecule has 2 aromatic rings. The van der Waals surface area contributed by atoms with Crippen LogP contribution < -0.4 is 0 Å². The first-order valence-electron chi connectivity index (χ1n) is 4.81. The molecule has 0 aliphatic heterocycles. The minimum absolute atomic E-state index is 0.0546. The topological polar surface area (TPSA) is 36.7 Å². The summed E-state index contributed by atoms with van der Waals surface area (Å²) >= 11 is 0. The smallest absolute Gasteiger partial charge is 0.237 e. The van der Waals surface area contributed by atoms with Crippen molar-refractivity contribution in [3.8, 4) is 6.07 Å². The van der Waals surface area contributed by atoms with Crippen LogP contribution in [0.2, 0.25) is 0 Å². The van der Waals surface area contributed by atoms with Gasteiger partial charge in [-0.05, 0) is 30.7 Å². The average Bonchev–Trinajstić information content (AvgIpc) is 2.26. The Kier molecular flexibility index (Phi) is 2.50. The lowest BCUT2D eigenvalue weighted by molar-refractivity contribution is -0.136. The first-order valence-corrected chi connectivity index (χ1v) is 4.81. The minimum atomic E-state index is -4.42. The van der Waals surface area contributed by atoms with Crippen molar-refractivity contribution >= 4 is 10.9 Å². The Bertz CT molecular complexity index is 624. The van der Waals surface area contributed by atoms with Crippen molar-refractivity contribution in [2.75, 3.05) is 0 Å². The van der Waals surface area contributed by atoms with E-state index >= 15 is 0 Å². The van der Waals surface area contributed by atoms with Gasteiger partial charge in [0.15, 0.2) is 0 Å². The van der Waals surface area contributed by atoms with E-state index in [1.165, 1.54) is 18.2 Å². The summed E-state index contributed by atoms with van der Waals surface area (Å²) in [6.45, 7) is 1.54. The van der Waals surface area contributed by atoms with Gasteiger partial charge in [-0.3, -0.25) is 0 Å². The molecule has 2 rings (SSSR count). The molecule has 0 spiro atoms. The van der Waals surface area contributed by atoms with E-state index in [4.69, 9.17) is 5.26 Å². The first-order chi connectivity index (χ1) is 7.93. The molecule has 1 heterocycles. The predicted molar refractivity (Wildman–Crippen MR) is 56.2 cm³/mol. The molecule has 0 saturated carbocycles.